The summed E-state index contributed by atoms with van der Waals surface area (Å²) in [5.41, 5.74) is 1.59. The Morgan fingerprint density at radius 1 is 1.14 bits per heavy atom. The first-order valence-electron chi connectivity index (χ1n) is 9.97. The second kappa shape index (κ2) is 7.48. The highest BCUT2D eigenvalue weighted by atomic mass is 19.4. The van der Waals surface area contributed by atoms with Gasteiger partial charge in [-0.3, -0.25) is 0 Å². The first-order chi connectivity index (χ1) is 13.8. The molecule has 2 atom stereocenters. The molecule has 0 radical (unpaired) electrons. The van der Waals surface area contributed by atoms with Gasteiger partial charge >= 0.3 is 6.18 Å². The Hall–Kier alpha value is -2.35. The highest BCUT2D eigenvalue weighted by Crippen LogP contribution is 2.40. The summed E-state index contributed by atoms with van der Waals surface area (Å²) in [7, 11) is 0. The average molecular weight is 407 g/mol. The minimum atomic E-state index is -4.52. The molecule has 29 heavy (non-hydrogen) atoms. The maximum atomic E-state index is 12.9. The molecular weight excluding hydrogens is 383 g/mol. The number of rotatable bonds is 2. The van der Waals surface area contributed by atoms with E-state index < -0.39 is 17.5 Å². The number of aromatic hydroxyl groups is 1. The molecule has 0 amide bonds. The van der Waals surface area contributed by atoms with E-state index in [4.69, 9.17) is 0 Å². The summed E-state index contributed by atoms with van der Waals surface area (Å²) in [6.45, 7) is 2.72. The van der Waals surface area contributed by atoms with Gasteiger partial charge in [-0.2, -0.15) is 13.2 Å². The van der Waals surface area contributed by atoms with Gasteiger partial charge < -0.3 is 15.1 Å². The molecule has 0 saturated heterocycles. The number of hydrogen-bond acceptors (Lipinski definition) is 5. The van der Waals surface area contributed by atoms with E-state index in [1.165, 1.54) is 6.07 Å². The number of aliphatic hydroxyl groups excluding tert-OH is 1. The number of phenolic OH excluding ortho intramolecular Hbond substituents is 1. The molecule has 4 rings (SSSR count). The third-order valence-corrected chi connectivity index (χ3v) is 6.06. The number of fused-ring (bicyclic) bond motifs is 1. The van der Waals surface area contributed by atoms with Crippen molar-refractivity contribution in [3.05, 3.63) is 34.9 Å². The minimum absolute atomic E-state index is 0.219. The second-order valence-electron chi connectivity index (χ2n) is 7.98. The first-order valence-corrected chi connectivity index (χ1v) is 9.97. The zero-order valence-corrected chi connectivity index (χ0v) is 16.2. The van der Waals surface area contributed by atoms with E-state index in [2.05, 4.69) is 15.1 Å². The van der Waals surface area contributed by atoms with Crippen LogP contribution in [0.15, 0.2) is 18.2 Å². The largest absolute Gasteiger partial charge is 0.507 e. The highest BCUT2D eigenvalue weighted by Gasteiger charge is 2.33. The van der Waals surface area contributed by atoms with Crippen molar-refractivity contribution in [1.82, 2.24) is 10.2 Å². The van der Waals surface area contributed by atoms with Gasteiger partial charge in [0.15, 0.2) is 5.82 Å². The summed E-state index contributed by atoms with van der Waals surface area (Å²) in [5, 5.41) is 29.0. The molecule has 1 aromatic carbocycles. The molecule has 0 bridgehead atoms. The Kier molecular flexibility index (Phi) is 5.14. The van der Waals surface area contributed by atoms with E-state index in [9.17, 15) is 23.4 Å². The van der Waals surface area contributed by atoms with Crippen LogP contribution in [0.1, 0.15) is 48.8 Å². The third kappa shape index (κ3) is 3.77. The van der Waals surface area contributed by atoms with Crippen LogP contribution in [0.3, 0.4) is 0 Å². The number of halogens is 3. The van der Waals surface area contributed by atoms with Crippen LogP contribution in [0, 0.1) is 6.92 Å². The van der Waals surface area contributed by atoms with Gasteiger partial charge in [-0.1, -0.05) is 0 Å². The molecular formula is C21H24F3N3O2. The van der Waals surface area contributed by atoms with Gasteiger partial charge in [0, 0.05) is 23.7 Å². The van der Waals surface area contributed by atoms with E-state index in [0.717, 1.165) is 67.7 Å². The molecule has 1 saturated carbocycles. The zero-order valence-electron chi connectivity index (χ0n) is 16.2. The molecule has 2 heterocycles. The summed E-state index contributed by atoms with van der Waals surface area (Å²) in [4.78, 5) is 2.22. The molecule has 8 heteroatoms. The van der Waals surface area contributed by atoms with E-state index in [-0.39, 0.29) is 17.7 Å². The molecule has 1 aromatic heterocycles. The van der Waals surface area contributed by atoms with Crippen LogP contribution in [0.4, 0.5) is 19.0 Å². The lowest BCUT2D eigenvalue weighted by molar-refractivity contribution is -0.137. The fourth-order valence-corrected chi connectivity index (χ4v) is 4.55. The SMILES string of the molecule is Cc1c(-c2ccc(C(F)(F)F)cc2O)nnc2c1CCCN2[C@H]1CCC[C@@H](O)C1. The minimum Gasteiger partial charge on any atom is -0.507 e. The number of anilines is 1. The number of phenols is 1. The molecule has 5 nitrogen and oxygen atoms in total. The number of nitrogens with zero attached hydrogens (tertiary/aromatic N) is 3. The van der Waals surface area contributed by atoms with Crippen LogP contribution in [0.2, 0.25) is 0 Å². The quantitative estimate of drug-likeness (QED) is 0.780. The molecule has 1 aliphatic heterocycles. The smallest absolute Gasteiger partial charge is 0.416 e. The molecule has 2 aliphatic rings. The maximum Gasteiger partial charge on any atom is 0.416 e. The van der Waals surface area contributed by atoms with E-state index in [0.29, 0.717) is 12.1 Å². The molecule has 0 unspecified atom stereocenters. The van der Waals surface area contributed by atoms with E-state index in [1.807, 2.05) is 6.92 Å². The highest BCUT2D eigenvalue weighted by molar-refractivity contribution is 5.73. The van der Waals surface area contributed by atoms with Crippen molar-refractivity contribution in [3.8, 4) is 17.0 Å². The van der Waals surface area contributed by atoms with Gasteiger partial charge in [0.2, 0.25) is 0 Å². The monoisotopic (exact) mass is 407 g/mol. The number of aliphatic hydroxyl groups is 1. The lowest BCUT2D eigenvalue weighted by atomic mass is 9.89. The van der Waals surface area contributed by atoms with Gasteiger partial charge in [-0.15, -0.1) is 10.2 Å². The van der Waals surface area contributed by atoms with Crippen LogP contribution in [-0.2, 0) is 12.6 Å². The number of hydrogen-bond donors (Lipinski definition) is 2. The lowest BCUT2D eigenvalue weighted by Crippen LogP contribution is -2.43. The Morgan fingerprint density at radius 2 is 1.93 bits per heavy atom. The normalized spacial score (nSPS) is 22.4. The summed E-state index contributed by atoms with van der Waals surface area (Å²) in [5.74, 6) is 0.336. The predicted molar refractivity (Wildman–Crippen MR) is 103 cm³/mol. The zero-order chi connectivity index (χ0) is 20.8. The second-order valence-corrected chi connectivity index (χ2v) is 7.98. The van der Waals surface area contributed by atoms with E-state index >= 15 is 0 Å². The number of benzene rings is 1. The summed E-state index contributed by atoms with van der Waals surface area (Å²) in [6, 6.07) is 3.15. The standard InChI is InChI=1S/C21H24F3N3O2/c1-12-16-6-3-9-27(14-4-2-5-15(28)11-14)20(16)26-25-19(12)17-8-7-13(10-18(17)29)21(22,23)24/h7-8,10,14-15,28-29H,2-6,9,11H2,1H3/t14-,15+/m0/s1. The van der Waals surface area contributed by atoms with Crippen molar-refractivity contribution in [1.29, 1.82) is 0 Å². The van der Waals surface area contributed by atoms with Crippen molar-refractivity contribution in [2.24, 2.45) is 0 Å². The van der Waals surface area contributed by atoms with Crippen LogP contribution < -0.4 is 4.90 Å². The number of alkyl halides is 3. The average Bonchev–Trinajstić information content (AvgIpc) is 2.68. The summed E-state index contributed by atoms with van der Waals surface area (Å²) >= 11 is 0. The first kappa shape index (κ1) is 19.9. The Balaban J connectivity index is 1.70. The fourth-order valence-electron chi connectivity index (χ4n) is 4.55. The van der Waals surface area contributed by atoms with Gasteiger partial charge in [0.25, 0.3) is 0 Å². The number of aromatic nitrogens is 2. The third-order valence-electron chi connectivity index (χ3n) is 6.06. The molecule has 2 aromatic rings. The van der Waals surface area contributed by atoms with Crippen LogP contribution in [-0.4, -0.2) is 39.1 Å². The van der Waals surface area contributed by atoms with Gasteiger partial charge in [-0.05, 0) is 69.2 Å². The van der Waals surface area contributed by atoms with Crippen molar-refractivity contribution in [2.45, 2.75) is 63.8 Å². The summed E-state index contributed by atoms with van der Waals surface area (Å²) in [6.07, 6.45) is 0.436. The maximum absolute atomic E-state index is 12.9. The molecule has 1 aliphatic carbocycles. The van der Waals surface area contributed by atoms with Crippen LogP contribution >= 0.6 is 0 Å². The Bertz CT molecular complexity index is 917. The fraction of sp³-hybridized carbons (Fsp3) is 0.524. The lowest BCUT2D eigenvalue weighted by Gasteiger charge is -2.40. The Morgan fingerprint density at radius 3 is 2.62 bits per heavy atom. The van der Waals surface area contributed by atoms with E-state index in [1.54, 1.807) is 0 Å². The van der Waals surface area contributed by atoms with Gasteiger partial charge in [0.1, 0.15) is 5.75 Å². The van der Waals surface area contributed by atoms with Crippen molar-refractivity contribution in [3.63, 3.8) is 0 Å². The van der Waals surface area contributed by atoms with Gasteiger partial charge in [-0.25, -0.2) is 0 Å². The molecule has 156 valence electrons. The van der Waals surface area contributed by atoms with Crippen molar-refractivity contribution < 1.29 is 23.4 Å². The molecule has 1 fully saturated rings. The predicted octanol–water partition coefficient (Wildman–Crippen LogP) is 4.23. The molecule has 2 N–H and O–H groups in total. The van der Waals surface area contributed by atoms with Crippen LogP contribution in [0.5, 0.6) is 5.75 Å². The Labute approximate surface area is 167 Å². The van der Waals surface area contributed by atoms with Gasteiger partial charge in [0.05, 0.1) is 17.4 Å². The van der Waals surface area contributed by atoms with Crippen molar-refractivity contribution in [2.75, 3.05) is 11.4 Å². The van der Waals surface area contributed by atoms with Crippen molar-refractivity contribution >= 4 is 5.82 Å². The summed E-state index contributed by atoms with van der Waals surface area (Å²) < 4.78 is 38.7. The topological polar surface area (TPSA) is 69.5 Å². The molecule has 0 spiro atoms. The van der Waals surface area contributed by atoms with Crippen LogP contribution in [0.25, 0.3) is 11.3 Å².